The summed E-state index contributed by atoms with van der Waals surface area (Å²) in [6.07, 6.45) is 7.02. The number of hydrazine groups is 1. The smallest absolute Gasteiger partial charge is 0.276 e. The molecule has 0 saturated heterocycles. The average Bonchev–Trinajstić information content (AvgIpc) is 2.69. The predicted molar refractivity (Wildman–Crippen MR) is 116 cm³/mol. The Balaban J connectivity index is 1.14. The van der Waals surface area contributed by atoms with Crippen molar-refractivity contribution in [1.82, 2.24) is 16.2 Å². The van der Waals surface area contributed by atoms with Crippen LogP contribution in [0, 0.1) is 37.0 Å². The summed E-state index contributed by atoms with van der Waals surface area (Å²) in [5.41, 5.74) is 6.64. The van der Waals surface area contributed by atoms with E-state index in [1.807, 2.05) is 32.0 Å². The summed E-state index contributed by atoms with van der Waals surface area (Å²) >= 11 is 0. The van der Waals surface area contributed by atoms with Crippen molar-refractivity contribution in [3.8, 4) is 5.75 Å². The molecule has 0 unspecified atom stereocenters. The number of hydrogen-bond acceptors (Lipinski definition) is 4. The Kier molecular flexibility index (Phi) is 6.21. The van der Waals surface area contributed by atoms with Gasteiger partial charge in [-0.15, -0.1) is 0 Å². The summed E-state index contributed by atoms with van der Waals surface area (Å²) < 4.78 is 5.47. The highest BCUT2D eigenvalue weighted by Gasteiger charge is 2.54. The molecular formula is C24H33N3O4. The number of benzene rings is 1. The number of aryl methyl sites for hydroxylation is 2. The van der Waals surface area contributed by atoms with Gasteiger partial charge in [-0.2, -0.15) is 0 Å². The molecule has 4 aliphatic carbocycles. The van der Waals surface area contributed by atoms with Crippen molar-refractivity contribution in [2.75, 3.05) is 13.2 Å². The van der Waals surface area contributed by atoms with Gasteiger partial charge in [0.25, 0.3) is 5.91 Å². The fourth-order valence-corrected chi connectivity index (χ4v) is 6.27. The van der Waals surface area contributed by atoms with Crippen LogP contribution in [0.25, 0.3) is 0 Å². The molecule has 0 aliphatic heterocycles. The van der Waals surface area contributed by atoms with E-state index in [2.05, 4.69) is 16.2 Å². The van der Waals surface area contributed by atoms with Crippen LogP contribution in [0.4, 0.5) is 0 Å². The largest absolute Gasteiger partial charge is 0.484 e. The van der Waals surface area contributed by atoms with Gasteiger partial charge in [-0.3, -0.25) is 25.2 Å². The lowest BCUT2D eigenvalue weighted by molar-refractivity contribution is -0.146. The fourth-order valence-electron chi connectivity index (χ4n) is 6.27. The van der Waals surface area contributed by atoms with E-state index in [0.717, 1.165) is 30.4 Å². The van der Waals surface area contributed by atoms with E-state index in [-0.39, 0.29) is 36.8 Å². The Morgan fingerprint density at radius 1 is 0.903 bits per heavy atom. The second kappa shape index (κ2) is 8.89. The first-order valence-electron chi connectivity index (χ1n) is 11.4. The summed E-state index contributed by atoms with van der Waals surface area (Å²) in [5, 5.41) is 2.98. The highest BCUT2D eigenvalue weighted by Crippen LogP contribution is 2.60. The first kappa shape index (κ1) is 21.7. The highest BCUT2D eigenvalue weighted by molar-refractivity contribution is 5.85. The zero-order valence-electron chi connectivity index (χ0n) is 18.5. The number of carbonyl (C=O) groups is 3. The molecule has 3 amide bonds. The fraction of sp³-hybridized carbons (Fsp3) is 0.625. The monoisotopic (exact) mass is 427 g/mol. The lowest BCUT2D eigenvalue weighted by atomic mass is 9.49. The second-order valence-corrected chi connectivity index (χ2v) is 9.91. The third-order valence-corrected chi connectivity index (χ3v) is 7.06. The molecule has 1 aromatic rings. The van der Waals surface area contributed by atoms with Crippen LogP contribution < -0.4 is 20.9 Å². The maximum absolute atomic E-state index is 12.9. The van der Waals surface area contributed by atoms with Gasteiger partial charge in [-0.1, -0.05) is 6.07 Å². The van der Waals surface area contributed by atoms with Crippen LogP contribution in [0.2, 0.25) is 0 Å². The van der Waals surface area contributed by atoms with E-state index < -0.39 is 5.91 Å². The number of carbonyl (C=O) groups excluding carboxylic acids is 3. The zero-order chi connectivity index (χ0) is 22.0. The topological polar surface area (TPSA) is 96.5 Å². The summed E-state index contributed by atoms with van der Waals surface area (Å²) in [6.45, 7) is 4.01. The van der Waals surface area contributed by atoms with Crippen LogP contribution in [0.1, 0.15) is 56.1 Å². The molecule has 0 radical (unpaired) electrons. The molecule has 7 heteroatoms. The summed E-state index contributed by atoms with van der Waals surface area (Å²) in [7, 11) is 0. The standard InChI is InChI=1S/C24H33N3O4/c1-15-5-16(2)7-20(6-15)31-14-22(29)27-26-21(28)3-4-25-23(30)24-11-17-8-18(12-24)10-19(9-17)13-24/h5-7,17-19H,3-4,8-14H2,1-2H3,(H,25,30)(H,26,28)(H,27,29). The summed E-state index contributed by atoms with van der Waals surface area (Å²) in [4.78, 5) is 36.8. The third-order valence-electron chi connectivity index (χ3n) is 7.06. The Bertz CT molecular complexity index is 811. The van der Waals surface area contributed by atoms with Crippen LogP contribution in [0.3, 0.4) is 0 Å². The maximum atomic E-state index is 12.9. The number of ether oxygens (including phenoxy) is 1. The van der Waals surface area contributed by atoms with Crippen LogP contribution in [-0.2, 0) is 14.4 Å². The molecule has 4 aliphatic rings. The number of rotatable bonds is 7. The molecule has 1 aromatic carbocycles. The van der Waals surface area contributed by atoms with Gasteiger partial charge in [0.2, 0.25) is 11.8 Å². The van der Waals surface area contributed by atoms with Crippen LogP contribution >= 0.6 is 0 Å². The predicted octanol–water partition coefficient (Wildman–Crippen LogP) is 2.55. The normalized spacial score (nSPS) is 28.1. The summed E-state index contributed by atoms with van der Waals surface area (Å²) in [6, 6.07) is 5.73. The van der Waals surface area contributed by atoms with Crippen molar-refractivity contribution in [1.29, 1.82) is 0 Å². The lowest BCUT2D eigenvalue weighted by Crippen LogP contribution is -2.54. The van der Waals surface area contributed by atoms with Gasteiger partial charge in [0.05, 0.1) is 0 Å². The molecule has 4 fully saturated rings. The van der Waals surface area contributed by atoms with Crippen molar-refractivity contribution in [3.63, 3.8) is 0 Å². The Morgan fingerprint density at radius 3 is 2.03 bits per heavy atom. The van der Waals surface area contributed by atoms with Crippen LogP contribution in [-0.4, -0.2) is 30.9 Å². The first-order chi connectivity index (χ1) is 14.8. The number of amides is 3. The van der Waals surface area contributed by atoms with Gasteiger partial charge >= 0.3 is 0 Å². The Morgan fingerprint density at radius 2 is 1.45 bits per heavy atom. The van der Waals surface area contributed by atoms with Gasteiger partial charge < -0.3 is 10.1 Å². The number of hydrogen-bond donors (Lipinski definition) is 3. The minimum Gasteiger partial charge on any atom is -0.484 e. The molecule has 4 bridgehead atoms. The van der Waals surface area contributed by atoms with Crippen LogP contribution in [0.15, 0.2) is 18.2 Å². The Hall–Kier alpha value is -2.57. The van der Waals surface area contributed by atoms with E-state index in [0.29, 0.717) is 23.5 Å². The van der Waals surface area contributed by atoms with Crippen molar-refractivity contribution in [3.05, 3.63) is 29.3 Å². The molecule has 4 saturated carbocycles. The maximum Gasteiger partial charge on any atom is 0.276 e. The molecule has 0 atom stereocenters. The van der Waals surface area contributed by atoms with Crippen molar-refractivity contribution < 1.29 is 19.1 Å². The second-order valence-electron chi connectivity index (χ2n) is 9.91. The van der Waals surface area contributed by atoms with Crippen molar-refractivity contribution in [2.24, 2.45) is 23.2 Å². The molecule has 31 heavy (non-hydrogen) atoms. The zero-order valence-corrected chi connectivity index (χ0v) is 18.5. The van der Waals surface area contributed by atoms with E-state index in [1.54, 1.807) is 0 Å². The van der Waals surface area contributed by atoms with Gasteiger partial charge in [0.15, 0.2) is 6.61 Å². The van der Waals surface area contributed by atoms with Gasteiger partial charge in [0.1, 0.15) is 5.75 Å². The first-order valence-corrected chi connectivity index (χ1v) is 11.4. The van der Waals surface area contributed by atoms with Gasteiger partial charge in [-0.25, -0.2) is 0 Å². The third kappa shape index (κ3) is 5.20. The summed E-state index contributed by atoms with van der Waals surface area (Å²) in [5.74, 6) is 2.08. The van der Waals surface area contributed by atoms with Crippen molar-refractivity contribution >= 4 is 17.7 Å². The molecule has 0 heterocycles. The molecule has 0 spiro atoms. The average molecular weight is 428 g/mol. The van der Waals surface area contributed by atoms with Gasteiger partial charge in [0, 0.05) is 18.4 Å². The minimum absolute atomic E-state index is 0.116. The highest BCUT2D eigenvalue weighted by atomic mass is 16.5. The molecule has 5 rings (SSSR count). The minimum atomic E-state index is -0.440. The van der Waals surface area contributed by atoms with E-state index >= 15 is 0 Å². The Labute approximate surface area is 183 Å². The molecule has 7 nitrogen and oxygen atoms in total. The van der Waals surface area contributed by atoms with Crippen molar-refractivity contribution in [2.45, 2.75) is 58.8 Å². The molecule has 168 valence electrons. The van der Waals surface area contributed by atoms with E-state index in [1.165, 1.54) is 19.3 Å². The SMILES string of the molecule is Cc1cc(C)cc(OCC(=O)NNC(=O)CCNC(=O)C23CC4CC(CC(C4)C2)C3)c1. The van der Waals surface area contributed by atoms with E-state index in [4.69, 9.17) is 4.74 Å². The molecule has 0 aromatic heterocycles. The quantitative estimate of drug-likeness (QED) is 0.583. The van der Waals surface area contributed by atoms with E-state index in [9.17, 15) is 14.4 Å². The lowest BCUT2D eigenvalue weighted by Gasteiger charge is -2.55. The molecular weight excluding hydrogens is 394 g/mol. The van der Waals surface area contributed by atoms with Gasteiger partial charge in [-0.05, 0) is 93.4 Å². The molecule has 3 N–H and O–H groups in total. The number of nitrogens with one attached hydrogen (secondary N) is 3. The van der Waals surface area contributed by atoms with Crippen LogP contribution in [0.5, 0.6) is 5.75 Å².